The van der Waals surface area contributed by atoms with Crippen molar-refractivity contribution < 1.29 is 24.0 Å². The zero-order valence-corrected chi connectivity index (χ0v) is 17.0. The van der Waals surface area contributed by atoms with E-state index in [0.717, 1.165) is 4.90 Å². The second kappa shape index (κ2) is 7.35. The molecule has 0 saturated carbocycles. The summed E-state index contributed by atoms with van der Waals surface area (Å²) in [6, 6.07) is 14.6. The van der Waals surface area contributed by atoms with Crippen LogP contribution in [0.25, 0.3) is 0 Å². The number of hydrogen-bond acceptors (Lipinski definition) is 5. The Morgan fingerprint density at radius 3 is 2.19 bits per heavy atom. The number of nitrogens with zero attached hydrogens (tertiary/aromatic N) is 3. The second-order valence-electron chi connectivity index (χ2n) is 7.81. The van der Waals surface area contributed by atoms with Crippen LogP contribution in [0.4, 0.5) is 16.2 Å². The molecule has 158 valence electrons. The van der Waals surface area contributed by atoms with Crippen LogP contribution in [0.15, 0.2) is 54.6 Å². The van der Waals surface area contributed by atoms with E-state index >= 15 is 0 Å². The number of fused-ring (bicyclic) bond motifs is 1. The normalized spacial score (nSPS) is 17.7. The Morgan fingerprint density at radius 2 is 1.48 bits per heavy atom. The number of rotatable bonds is 4. The highest BCUT2D eigenvalue weighted by molar-refractivity contribution is 6.45. The quantitative estimate of drug-likeness (QED) is 0.599. The Morgan fingerprint density at radius 1 is 0.871 bits per heavy atom. The summed E-state index contributed by atoms with van der Waals surface area (Å²) in [5, 5.41) is 2.74. The molecular formula is C22H20N4O5. The highest BCUT2D eigenvalue weighted by atomic mass is 16.2. The summed E-state index contributed by atoms with van der Waals surface area (Å²) in [6.07, 6.45) is 0. The molecule has 0 unspecified atom stereocenters. The van der Waals surface area contributed by atoms with Crippen molar-refractivity contribution in [2.24, 2.45) is 0 Å². The molecule has 31 heavy (non-hydrogen) atoms. The zero-order chi connectivity index (χ0) is 22.3. The first-order valence-corrected chi connectivity index (χ1v) is 9.66. The minimum absolute atomic E-state index is 0.0740. The lowest BCUT2D eigenvalue weighted by atomic mass is 9.96. The first kappa shape index (κ1) is 20.3. The van der Waals surface area contributed by atoms with Crippen LogP contribution in [-0.2, 0) is 25.7 Å². The minimum Gasteiger partial charge on any atom is -0.322 e. The van der Waals surface area contributed by atoms with Crippen LogP contribution in [0.1, 0.15) is 19.4 Å². The molecule has 2 aliphatic rings. The van der Waals surface area contributed by atoms with Gasteiger partial charge in [0.1, 0.15) is 12.1 Å². The maximum Gasteiger partial charge on any atom is 0.335 e. The van der Waals surface area contributed by atoms with Gasteiger partial charge in [-0.15, -0.1) is 0 Å². The molecule has 0 aliphatic carbocycles. The van der Waals surface area contributed by atoms with Gasteiger partial charge in [-0.3, -0.25) is 29.0 Å². The van der Waals surface area contributed by atoms with Gasteiger partial charge in [-0.25, -0.2) is 9.69 Å². The van der Waals surface area contributed by atoms with Crippen LogP contribution in [0, 0.1) is 0 Å². The largest absolute Gasteiger partial charge is 0.335 e. The van der Waals surface area contributed by atoms with Gasteiger partial charge in [0.2, 0.25) is 11.8 Å². The van der Waals surface area contributed by atoms with E-state index in [1.165, 1.54) is 4.90 Å². The number of benzene rings is 2. The summed E-state index contributed by atoms with van der Waals surface area (Å²) in [7, 11) is 0. The van der Waals surface area contributed by atoms with E-state index in [1.54, 1.807) is 68.4 Å². The summed E-state index contributed by atoms with van der Waals surface area (Å²) in [5.41, 5.74) is 0.308. The van der Waals surface area contributed by atoms with Crippen molar-refractivity contribution >= 4 is 41.0 Å². The van der Waals surface area contributed by atoms with Crippen molar-refractivity contribution in [1.82, 2.24) is 9.80 Å². The van der Waals surface area contributed by atoms with Crippen molar-refractivity contribution in [3.8, 4) is 0 Å². The molecule has 6 amide bonds. The highest BCUT2D eigenvalue weighted by Crippen LogP contribution is 2.36. The van der Waals surface area contributed by atoms with E-state index in [-0.39, 0.29) is 6.54 Å². The van der Waals surface area contributed by atoms with Gasteiger partial charge < -0.3 is 5.32 Å². The number of para-hydroxylation sites is 2. The predicted molar refractivity (Wildman–Crippen MR) is 111 cm³/mol. The molecule has 1 saturated heterocycles. The van der Waals surface area contributed by atoms with Gasteiger partial charge in [-0.2, -0.15) is 0 Å². The molecule has 2 aliphatic heterocycles. The van der Waals surface area contributed by atoms with Crippen LogP contribution >= 0.6 is 0 Å². The van der Waals surface area contributed by atoms with Crippen molar-refractivity contribution in [1.29, 1.82) is 0 Å². The SMILES string of the molecule is CC1(C)C(=O)Nc2ccccc2N1C(=O)CN1C(=O)C(=O)N(Cc2ccccc2)C1=O. The zero-order valence-electron chi connectivity index (χ0n) is 17.0. The molecule has 0 aromatic heterocycles. The number of nitrogens with one attached hydrogen (secondary N) is 1. The van der Waals surface area contributed by atoms with Crippen molar-refractivity contribution in [2.75, 3.05) is 16.8 Å². The van der Waals surface area contributed by atoms with E-state index in [0.29, 0.717) is 21.8 Å². The molecule has 2 aromatic carbocycles. The average Bonchev–Trinajstić information content (AvgIpc) is 2.93. The molecule has 2 aromatic rings. The minimum atomic E-state index is -1.26. The molecule has 0 spiro atoms. The van der Waals surface area contributed by atoms with E-state index < -0.39 is 41.7 Å². The van der Waals surface area contributed by atoms with Gasteiger partial charge in [0.15, 0.2) is 0 Å². The standard InChI is InChI=1S/C22H20N4O5/c1-22(2)20(30)23-15-10-6-7-11-16(15)26(22)17(27)13-25-19(29)18(28)24(21(25)31)12-14-8-4-3-5-9-14/h3-11H,12-13H2,1-2H3,(H,23,30). The highest BCUT2D eigenvalue weighted by Gasteiger charge is 2.48. The number of carbonyl (C=O) groups is 5. The molecule has 0 atom stereocenters. The molecule has 1 fully saturated rings. The van der Waals surface area contributed by atoms with Gasteiger partial charge in [-0.05, 0) is 31.5 Å². The van der Waals surface area contributed by atoms with Crippen LogP contribution < -0.4 is 10.2 Å². The third-order valence-corrected chi connectivity index (χ3v) is 5.37. The number of carbonyl (C=O) groups excluding carboxylic acids is 5. The summed E-state index contributed by atoms with van der Waals surface area (Å²) >= 11 is 0. The maximum absolute atomic E-state index is 13.2. The van der Waals surface area contributed by atoms with Crippen LogP contribution in [0.5, 0.6) is 0 Å². The average molecular weight is 420 g/mol. The number of urea groups is 1. The van der Waals surface area contributed by atoms with Crippen molar-refractivity contribution in [2.45, 2.75) is 25.9 Å². The summed E-state index contributed by atoms with van der Waals surface area (Å²) in [5.74, 6) is -3.11. The first-order valence-electron chi connectivity index (χ1n) is 9.66. The third-order valence-electron chi connectivity index (χ3n) is 5.37. The number of imide groups is 2. The van der Waals surface area contributed by atoms with Crippen molar-refractivity contribution in [3.63, 3.8) is 0 Å². The summed E-state index contributed by atoms with van der Waals surface area (Å²) < 4.78 is 0. The summed E-state index contributed by atoms with van der Waals surface area (Å²) in [4.78, 5) is 66.1. The fraction of sp³-hybridized carbons (Fsp3) is 0.227. The van der Waals surface area contributed by atoms with Crippen LogP contribution in [0.2, 0.25) is 0 Å². The van der Waals surface area contributed by atoms with E-state index in [4.69, 9.17) is 0 Å². The molecule has 9 heteroatoms. The van der Waals surface area contributed by atoms with Crippen molar-refractivity contribution in [3.05, 3.63) is 60.2 Å². The Bertz CT molecular complexity index is 1110. The smallest absolute Gasteiger partial charge is 0.322 e. The molecular weight excluding hydrogens is 400 g/mol. The Hall–Kier alpha value is -4.01. The van der Waals surface area contributed by atoms with Crippen LogP contribution in [0.3, 0.4) is 0 Å². The van der Waals surface area contributed by atoms with Gasteiger partial charge in [0, 0.05) is 0 Å². The molecule has 1 N–H and O–H groups in total. The lowest BCUT2D eigenvalue weighted by molar-refractivity contribution is -0.144. The topological polar surface area (TPSA) is 107 Å². The lowest BCUT2D eigenvalue weighted by Gasteiger charge is -2.42. The van der Waals surface area contributed by atoms with Gasteiger partial charge in [-0.1, -0.05) is 42.5 Å². The summed E-state index contributed by atoms with van der Waals surface area (Å²) in [6.45, 7) is 2.41. The molecule has 0 bridgehead atoms. The number of amides is 6. The molecule has 0 radical (unpaired) electrons. The monoisotopic (exact) mass is 420 g/mol. The Labute approximate surface area is 178 Å². The number of anilines is 2. The van der Waals surface area contributed by atoms with Crippen LogP contribution in [-0.4, -0.2) is 51.5 Å². The molecule has 4 rings (SSSR count). The molecule has 9 nitrogen and oxygen atoms in total. The van der Waals surface area contributed by atoms with Gasteiger partial charge in [0.05, 0.1) is 17.9 Å². The Balaban J connectivity index is 1.59. The predicted octanol–water partition coefficient (Wildman–Crippen LogP) is 1.74. The molecule has 2 heterocycles. The lowest BCUT2D eigenvalue weighted by Crippen LogP contribution is -2.60. The van der Waals surface area contributed by atoms with E-state index in [1.807, 2.05) is 0 Å². The fourth-order valence-electron chi connectivity index (χ4n) is 3.70. The second-order valence-corrected chi connectivity index (χ2v) is 7.81. The fourth-order valence-corrected chi connectivity index (χ4v) is 3.70. The number of hydrogen-bond donors (Lipinski definition) is 1. The first-order chi connectivity index (χ1) is 14.7. The maximum atomic E-state index is 13.2. The van der Waals surface area contributed by atoms with Gasteiger partial charge >= 0.3 is 17.8 Å². The third kappa shape index (κ3) is 3.33. The van der Waals surface area contributed by atoms with Gasteiger partial charge in [0.25, 0.3) is 0 Å². The van der Waals surface area contributed by atoms with E-state index in [9.17, 15) is 24.0 Å². The Kier molecular flexibility index (Phi) is 4.81. The van der Waals surface area contributed by atoms with E-state index in [2.05, 4.69) is 5.32 Å².